The Hall–Kier alpha value is -1.82. The van der Waals surface area contributed by atoms with Gasteiger partial charge in [0.1, 0.15) is 39.0 Å². The van der Waals surface area contributed by atoms with Gasteiger partial charge in [0.25, 0.3) is 0 Å². The van der Waals surface area contributed by atoms with E-state index in [0.717, 1.165) is 70.9 Å². The molecule has 0 saturated carbocycles. The summed E-state index contributed by atoms with van der Waals surface area (Å²) in [5, 5.41) is 0. The standard InChI is InChI=1S/C28H30N2O3.2HI/c1-29-12-6-9-22(20-29)27-26(21-7-4-3-5-8-21)24-11-10-23(19-25(24)28(27)31)33-18-15-30(2)13-16-32-17-14-30;;/h3-12,19-20H,13-18H2,1-2H3;2*1H/q+2;;/p-2. The Balaban J connectivity index is 0.00000171. The van der Waals surface area contributed by atoms with Crippen LogP contribution in [0.5, 0.6) is 5.75 Å². The first-order valence-corrected chi connectivity index (χ1v) is 11.5. The predicted molar refractivity (Wildman–Crippen MR) is 128 cm³/mol. The van der Waals surface area contributed by atoms with Crippen LogP contribution in [0.4, 0.5) is 0 Å². The lowest BCUT2D eigenvalue weighted by Gasteiger charge is -2.37. The Labute approximate surface area is 241 Å². The number of ether oxygens (including phenoxy) is 2. The number of benzene rings is 2. The van der Waals surface area contributed by atoms with Crippen molar-refractivity contribution in [2.75, 3.05) is 46.5 Å². The van der Waals surface area contributed by atoms with Gasteiger partial charge in [-0.15, -0.1) is 0 Å². The van der Waals surface area contributed by atoms with E-state index in [9.17, 15) is 4.79 Å². The summed E-state index contributed by atoms with van der Waals surface area (Å²) < 4.78 is 14.5. The molecule has 0 atom stereocenters. The summed E-state index contributed by atoms with van der Waals surface area (Å²) in [4.78, 5) is 13.7. The number of halogens is 2. The van der Waals surface area contributed by atoms with Gasteiger partial charge in [-0.3, -0.25) is 4.79 Å². The van der Waals surface area contributed by atoms with Crippen molar-refractivity contribution in [1.29, 1.82) is 0 Å². The molecule has 35 heavy (non-hydrogen) atoms. The number of fused-ring (bicyclic) bond motifs is 1. The van der Waals surface area contributed by atoms with E-state index in [2.05, 4.69) is 19.2 Å². The number of Topliss-reactive ketones (excluding diaryl/α,β-unsaturated/α-hetero) is 1. The van der Waals surface area contributed by atoms with E-state index < -0.39 is 0 Å². The molecule has 1 aliphatic carbocycles. The molecule has 7 heteroatoms. The fourth-order valence-electron chi connectivity index (χ4n) is 4.71. The van der Waals surface area contributed by atoms with Gasteiger partial charge < -0.3 is 61.9 Å². The second-order valence-electron chi connectivity index (χ2n) is 9.16. The van der Waals surface area contributed by atoms with Crippen LogP contribution in [0, 0.1) is 0 Å². The van der Waals surface area contributed by atoms with Crippen LogP contribution in [0.3, 0.4) is 0 Å². The number of carbonyl (C=O) groups is 1. The normalized spacial score (nSPS) is 16.2. The highest BCUT2D eigenvalue weighted by Gasteiger charge is 2.33. The maximum atomic E-state index is 13.7. The number of hydrogen-bond donors (Lipinski definition) is 0. The molecule has 0 amide bonds. The van der Waals surface area contributed by atoms with Crippen molar-refractivity contribution in [2.45, 2.75) is 0 Å². The second-order valence-corrected chi connectivity index (χ2v) is 9.16. The smallest absolute Gasteiger partial charge is 0.195 e. The molecule has 3 aromatic rings. The Morgan fingerprint density at radius 3 is 2.34 bits per heavy atom. The molecule has 5 rings (SSSR count). The quantitative estimate of drug-likeness (QED) is 0.163. The molecule has 1 aliphatic heterocycles. The maximum Gasteiger partial charge on any atom is 0.195 e. The van der Waals surface area contributed by atoms with Gasteiger partial charge in [0.15, 0.2) is 18.2 Å². The summed E-state index contributed by atoms with van der Waals surface area (Å²) in [6.45, 7) is 5.16. The Morgan fingerprint density at radius 2 is 1.63 bits per heavy atom. The minimum Gasteiger partial charge on any atom is -1.00 e. The Morgan fingerprint density at radius 1 is 0.914 bits per heavy atom. The van der Waals surface area contributed by atoms with Crippen molar-refractivity contribution >= 4 is 16.9 Å². The SMILES string of the molecule is C[n+]1cccc(C2=C(c3ccccc3)c3ccc(OCC[N+]4(C)CCOCC4)cc3C2=O)c1.[I-].[I-]. The van der Waals surface area contributed by atoms with E-state index >= 15 is 0 Å². The van der Waals surface area contributed by atoms with Crippen LogP contribution in [0.15, 0.2) is 73.1 Å². The van der Waals surface area contributed by atoms with E-state index in [0.29, 0.717) is 12.2 Å². The summed E-state index contributed by atoms with van der Waals surface area (Å²) in [7, 11) is 4.22. The second kappa shape index (κ2) is 11.9. The average molecular weight is 696 g/mol. The number of ketones is 1. The molecule has 1 aromatic heterocycles. The van der Waals surface area contributed by atoms with Gasteiger partial charge in [-0.2, -0.15) is 0 Å². The maximum absolute atomic E-state index is 13.7. The van der Waals surface area contributed by atoms with Gasteiger partial charge in [-0.05, 0) is 35.4 Å². The van der Waals surface area contributed by atoms with Crippen LogP contribution in [-0.4, -0.2) is 56.8 Å². The van der Waals surface area contributed by atoms with Crippen LogP contribution in [0.1, 0.15) is 27.0 Å². The monoisotopic (exact) mass is 696 g/mol. The van der Waals surface area contributed by atoms with Gasteiger partial charge in [-0.25, -0.2) is 4.57 Å². The van der Waals surface area contributed by atoms with Crippen molar-refractivity contribution in [3.63, 3.8) is 0 Å². The molecule has 0 N–H and O–H groups in total. The minimum absolute atomic E-state index is 0. The molecular weight excluding hydrogens is 666 g/mol. The number of likely N-dealkylation sites (N-methyl/N-ethyl adjacent to an activating group) is 1. The summed E-state index contributed by atoms with van der Waals surface area (Å²) in [6.07, 6.45) is 3.98. The molecule has 5 nitrogen and oxygen atoms in total. The van der Waals surface area contributed by atoms with Gasteiger partial charge >= 0.3 is 0 Å². The Bertz CT molecular complexity index is 1220. The lowest BCUT2D eigenvalue weighted by molar-refractivity contribution is -0.916. The fourth-order valence-corrected chi connectivity index (χ4v) is 4.71. The summed E-state index contributed by atoms with van der Waals surface area (Å²) in [5.41, 5.74) is 5.37. The first-order chi connectivity index (χ1) is 16.0. The summed E-state index contributed by atoms with van der Waals surface area (Å²) >= 11 is 0. The molecule has 2 aromatic carbocycles. The zero-order valence-electron chi connectivity index (χ0n) is 20.0. The predicted octanol–water partition coefficient (Wildman–Crippen LogP) is -2.47. The number of rotatable bonds is 6. The van der Waals surface area contributed by atoms with Crippen LogP contribution in [0.2, 0.25) is 0 Å². The van der Waals surface area contributed by atoms with E-state index in [1.54, 1.807) is 0 Å². The van der Waals surface area contributed by atoms with Gasteiger partial charge in [-0.1, -0.05) is 30.3 Å². The molecule has 0 radical (unpaired) electrons. The number of quaternary nitrogens is 1. The molecule has 184 valence electrons. The molecule has 1 fully saturated rings. The number of carbonyl (C=O) groups excluding carboxylic acids is 1. The van der Waals surface area contributed by atoms with E-state index in [1.807, 2.05) is 72.5 Å². The number of nitrogens with zero attached hydrogens (tertiary/aromatic N) is 2. The number of pyridine rings is 1. The van der Waals surface area contributed by atoms with E-state index in [-0.39, 0.29) is 53.7 Å². The number of allylic oxidation sites excluding steroid dienone is 1. The Kier molecular flexibility index (Phi) is 9.47. The molecule has 0 bridgehead atoms. The number of morpholine rings is 1. The van der Waals surface area contributed by atoms with Crippen LogP contribution >= 0.6 is 0 Å². The van der Waals surface area contributed by atoms with Gasteiger partial charge in [0.05, 0.1) is 25.8 Å². The lowest BCUT2D eigenvalue weighted by Crippen LogP contribution is -3.00. The fraction of sp³-hybridized carbons (Fsp3) is 0.286. The van der Waals surface area contributed by atoms with Crippen molar-refractivity contribution in [2.24, 2.45) is 7.05 Å². The highest BCUT2D eigenvalue weighted by atomic mass is 127. The van der Waals surface area contributed by atoms with Crippen molar-refractivity contribution in [1.82, 2.24) is 0 Å². The number of aryl methyl sites for hydroxylation is 1. The highest BCUT2D eigenvalue weighted by molar-refractivity contribution is 6.41. The average Bonchev–Trinajstić information content (AvgIpc) is 3.12. The summed E-state index contributed by atoms with van der Waals surface area (Å²) in [5.74, 6) is 0.793. The molecule has 0 unspecified atom stereocenters. The topological polar surface area (TPSA) is 39.4 Å². The third-order valence-corrected chi connectivity index (χ3v) is 6.72. The minimum atomic E-state index is 0. The van der Waals surface area contributed by atoms with Crippen LogP contribution < -0.4 is 57.3 Å². The summed E-state index contributed by atoms with van der Waals surface area (Å²) in [6, 6.07) is 20.1. The molecular formula is C28H30I2N2O3. The third kappa shape index (κ3) is 5.95. The third-order valence-electron chi connectivity index (χ3n) is 6.72. The largest absolute Gasteiger partial charge is 1.00 e. The van der Waals surface area contributed by atoms with Crippen LogP contribution in [-0.2, 0) is 11.8 Å². The van der Waals surface area contributed by atoms with E-state index in [1.165, 1.54) is 0 Å². The first kappa shape index (κ1) is 27.8. The zero-order valence-corrected chi connectivity index (χ0v) is 24.4. The zero-order chi connectivity index (χ0) is 22.8. The lowest BCUT2D eigenvalue weighted by atomic mass is 9.95. The molecule has 0 spiro atoms. The molecule has 1 saturated heterocycles. The van der Waals surface area contributed by atoms with Crippen molar-refractivity contribution < 1.29 is 71.3 Å². The number of aromatic nitrogens is 1. The van der Waals surface area contributed by atoms with Gasteiger partial charge in [0.2, 0.25) is 0 Å². The van der Waals surface area contributed by atoms with Gasteiger partial charge in [0, 0.05) is 22.8 Å². The molecule has 2 aliphatic rings. The van der Waals surface area contributed by atoms with E-state index in [4.69, 9.17) is 9.47 Å². The van der Waals surface area contributed by atoms with Crippen molar-refractivity contribution in [3.05, 3.63) is 95.3 Å². The van der Waals surface area contributed by atoms with Crippen molar-refractivity contribution in [3.8, 4) is 5.75 Å². The highest BCUT2D eigenvalue weighted by Crippen LogP contribution is 2.43. The molecule has 2 heterocycles. The van der Waals surface area contributed by atoms with Crippen LogP contribution in [0.25, 0.3) is 11.1 Å². The number of hydrogen-bond acceptors (Lipinski definition) is 3. The first-order valence-electron chi connectivity index (χ1n) is 11.5.